The molecule has 0 saturated carbocycles. The Hall–Kier alpha value is -0.690. The maximum absolute atomic E-state index is 11.7. The Kier molecular flexibility index (Phi) is 3.98. The molecular formula is C7H10F3N. The van der Waals surface area contributed by atoms with Crippen LogP contribution in [0.4, 0.5) is 13.2 Å². The van der Waals surface area contributed by atoms with Crippen molar-refractivity contribution in [1.82, 2.24) is 5.32 Å². The minimum Gasteiger partial charge on any atom is -0.304 e. The molecule has 4 heteroatoms. The summed E-state index contributed by atoms with van der Waals surface area (Å²) in [7, 11) is 0. The van der Waals surface area contributed by atoms with E-state index >= 15 is 0 Å². The Labute approximate surface area is 64.0 Å². The highest BCUT2D eigenvalue weighted by Gasteiger charge is 2.30. The second-order valence-corrected chi connectivity index (χ2v) is 2.10. The zero-order chi connectivity index (χ0) is 8.91. The lowest BCUT2D eigenvalue weighted by Crippen LogP contribution is -2.32. The SMILES string of the molecule is C#CC(CC(F)(F)F)NCC. The van der Waals surface area contributed by atoms with Crippen LogP contribution in [0.5, 0.6) is 0 Å². The van der Waals surface area contributed by atoms with Crippen LogP contribution < -0.4 is 5.32 Å². The minimum atomic E-state index is -4.18. The van der Waals surface area contributed by atoms with Gasteiger partial charge in [0.15, 0.2) is 0 Å². The maximum Gasteiger partial charge on any atom is 0.391 e. The normalized spacial score (nSPS) is 14.1. The first-order valence-electron chi connectivity index (χ1n) is 3.26. The van der Waals surface area contributed by atoms with Gasteiger partial charge in [0.2, 0.25) is 0 Å². The summed E-state index contributed by atoms with van der Waals surface area (Å²) in [5, 5.41) is 2.53. The van der Waals surface area contributed by atoms with E-state index in [0.717, 1.165) is 0 Å². The monoisotopic (exact) mass is 165 g/mol. The summed E-state index contributed by atoms with van der Waals surface area (Å²) >= 11 is 0. The number of halogens is 3. The molecule has 0 fully saturated rings. The topological polar surface area (TPSA) is 12.0 Å². The molecule has 0 aromatic rings. The maximum atomic E-state index is 11.7. The van der Waals surface area contributed by atoms with E-state index in [4.69, 9.17) is 6.42 Å². The van der Waals surface area contributed by atoms with E-state index < -0.39 is 18.6 Å². The van der Waals surface area contributed by atoms with E-state index in [0.29, 0.717) is 6.54 Å². The average molecular weight is 165 g/mol. The van der Waals surface area contributed by atoms with Gasteiger partial charge in [0.1, 0.15) is 0 Å². The summed E-state index contributed by atoms with van der Waals surface area (Å²) in [5.41, 5.74) is 0. The molecule has 0 aliphatic heterocycles. The Morgan fingerprint density at radius 3 is 2.36 bits per heavy atom. The van der Waals surface area contributed by atoms with Crippen LogP contribution in [0.1, 0.15) is 13.3 Å². The minimum absolute atomic E-state index is 0.449. The molecule has 0 heterocycles. The standard InChI is InChI=1S/C7H10F3N/c1-3-6(11-4-2)5-7(8,9)10/h1,6,11H,4-5H2,2H3. The van der Waals surface area contributed by atoms with E-state index in [1.54, 1.807) is 6.92 Å². The van der Waals surface area contributed by atoms with Crippen LogP contribution in [0.25, 0.3) is 0 Å². The Balaban J connectivity index is 3.81. The van der Waals surface area contributed by atoms with Crippen molar-refractivity contribution in [1.29, 1.82) is 0 Å². The number of hydrogen-bond donors (Lipinski definition) is 1. The Bertz CT molecular complexity index is 145. The van der Waals surface area contributed by atoms with Gasteiger partial charge in [0.25, 0.3) is 0 Å². The summed E-state index contributed by atoms with van der Waals surface area (Å²) < 4.78 is 35.0. The van der Waals surface area contributed by atoms with Crippen LogP contribution in [0.2, 0.25) is 0 Å². The molecular weight excluding hydrogens is 155 g/mol. The molecule has 0 saturated heterocycles. The number of rotatable bonds is 3. The Morgan fingerprint density at radius 2 is 2.09 bits per heavy atom. The molecule has 1 N–H and O–H groups in total. The van der Waals surface area contributed by atoms with Crippen LogP contribution in [-0.4, -0.2) is 18.8 Å². The second kappa shape index (κ2) is 4.24. The van der Waals surface area contributed by atoms with Crippen LogP contribution in [0.3, 0.4) is 0 Å². The predicted molar refractivity (Wildman–Crippen MR) is 37.0 cm³/mol. The highest BCUT2D eigenvalue weighted by molar-refractivity contribution is 4.99. The van der Waals surface area contributed by atoms with Crippen molar-refractivity contribution in [2.45, 2.75) is 25.6 Å². The van der Waals surface area contributed by atoms with Gasteiger partial charge in [0.05, 0.1) is 12.5 Å². The quantitative estimate of drug-likeness (QED) is 0.625. The Morgan fingerprint density at radius 1 is 1.55 bits per heavy atom. The highest BCUT2D eigenvalue weighted by atomic mass is 19.4. The fourth-order valence-corrected chi connectivity index (χ4v) is 0.668. The largest absolute Gasteiger partial charge is 0.391 e. The van der Waals surface area contributed by atoms with Crippen molar-refractivity contribution >= 4 is 0 Å². The van der Waals surface area contributed by atoms with Crippen LogP contribution in [0.15, 0.2) is 0 Å². The third kappa shape index (κ3) is 5.74. The molecule has 0 aromatic heterocycles. The smallest absolute Gasteiger partial charge is 0.304 e. The predicted octanol–water partition coefficient (Wildman–Crippen LogP) is 1.55. The van der Waals surface area contributed by atoms with E-state index in [9.17, 15) is 13.2 Å². The van der Waals surface area contributed by atoms with Crippen molar-refractivity contribution < 1.29 is 13.2 Å². The van der Waals surface area contributed by atoms with Crippen molar-refractivity contribution in [3.8, 4) is 12.3 Å². The summed E-state index contributed by atoms with van der Waals surface area (Å²) in [6, 6.07) is -0.889. The van der Waals surface area contributed by atoms with Gasteiger partial charge in [0, 0.05) is 0 Å². The molecule has 1 atom stereocenters. The van der Waals surface area contributed by atoms with E-state index in [-0.39, 0.29) is 0 Å². The molecule has 0 spiro atoms. The van der Waals surface area contributed by atoms with Gasteiger partial charge >= 0.3 is 6.18 Å². The summed E-state index contributed by atoms with van der Waals surface area (Å²) in [5.74, 6) is 2.03. The first kappa shape index (κ1) is 10.3. The van der Waals surface area contributed by atoms with Crippen molar-refractivity contribution in [2.75, 3.05) is 6.54 Å². The van der Waals surface area contributed by atoms with E-state index in [1.165, 1.54) is 0 Å². The third-order valence-corrected chi connectivity index (χ3v) is 1.09. The zero-order valence-electron chi connectivity index (χ0n) is 6.20. The van der Waals surface area contributed by atoms with Gasteiger partial charge in [-0.2, -0.15) is 13.2 Å². The van der Waals surface area contributed by atoms with Gasteiger partial charge in [-0.15, -0.1) is 6.42 Å². The van der Waals surface area contributed by atoms with Gasteiger partial charge in [-0.1, -0.05) is 12.8 Å². The van der Waals surface area contributed by atoms with Gasteiger partial charge < -0.3 is 5.32 Å². The number of alkyl halides is 3. The first-order valence-corrected chi connectivity index (χ1v) is 3.26. The lowest BCUT2D eigenvalue weighted by Gasteiger charge is -2.13. The van der Waals surface area contributed by atoms with Crippen molar-refractivity contribution in [3.05, 3.63) is 0 Å². The number of hydrogen-bond acceptors (Lipinski definition) is 1. The molecule has 1 nitrogen and oxygen atoms in total. The molecule has 0 aliphatic rings. The zero-order valence-corrected chi connectivity index (χ0v) is 6.20. The van der Waals surface area contributed by atoms with Crippen LogP contribution in [-0.2, 0) is 0 Å². The molecule has 0 amide bonds. The summed E-state index contributed by atoms with van der Waals surface area (Å²) in [6.45, 7) is 2.16. The van der Waals surface area contributed by atoms with Gasteiger partial charge in [-0.25, -0.2) is 0 Å². The number of terminal acetylenes is 1. The fourth-order valence-electron chi connectivity index (χ4n) is 0.668. The first-order chi connectivity index (χ1) is 4.99. The molecule has 0 radical (unpaired) electrons. The summed E-state index contributed by atoms with van der Waals surface area (Å²) in [6.07, 6.45) is -0.289. The van der Waals surface area contributed by atoms with Crippen LogP contribution in [0, 0.1) is 12.3 Å². The third-order valence-electron chi connectivity index (χ3n) is 1.09. The molecule has 0 aliphatic carbocycles. The molecule has 1 unspecified atom stereocenters. The lowest BCUT2D eigenvalue weighted by atomic mass is 10.2. The highest BCUT2D eigenvalue weighted by Crippen LogP contribution is 2.20. The summed E-state index contributed by atoms with van der Waals surface area (Å²) in [4.78, 5) is 0. The molecule has 0 bridgehead atoms. The van der Waals surface area contributed by atoms with E-state index in [2.05, 4.69) is 5.32 Å². The van der Waals surface area contributed by atoms with Gasteiger partial charge in [-0.3, -0.25) is 0 Å². The van der Waals surface area contributed by atoms with Crippen molar-refractivity contribution in [2.24, 2.45) is 0 Å². The lowest BCUT2D eigenvalue weighted by molar-refractivity contribution is -0.136. The average Bonchev–Trinajstić information content (AvgIpc) is 1.84. The molecule has 11 heavy (non-hydrogen) atoms. The van der Waals surface area contributed by atoms with Crippen LogP contribution >= 0.6 is 0 Å². The van der Waals surface area contributed by atoms with Gasteiger partial charge in [-0.05, 0) is 6.54 Å². The molecule has 64 valence electrons. The fraction of sp³-hybridized carbons (Fsp3) is 0.714. The van der Waals surface area contributed by atoms with E-state index in [1.807, 2.05) is 5.92 Å². The molecule has 0 aromatic carbocycles. The molecule has 0 rings (SSSR count). The van der Waals surface area contributed by atoms with Crippen molar-refractivity contribution in [3.63, 3.8) is 0 Å². The number of nitrogens with one attached hydrogen (secondary N) is 1. The second-order valence-electron chi connectivity index (χ2n) is 2.10.